The molecule has 2 N–H and O–H groups in total. The highest BCUT2D eigenvalue weighted by atomic mass is 32.1. The van der Waals surface area contributed by atoms with Crippen LogP contribution in [0.5, 0.6) is 0 Å². The maximum absolute atomic E-state index is 12.5. The van der Waals surface area contributed by atoms with Crippen LogP contribution >= 0.6 is 11.3 Å². The third-order valence-corrected chi connectivity index (χ3v) is 6.52. The van der Waals surface area contributed by atoms with E-state index in [0.717, 1.165) is 13.1 Å². The number of hydrogen-bond acceptors (Lipinski definition) is 5. The summed E-state index contributed by atoms with van der Waals surface area (Å²) >= 11 is 1.74. The number of thiophene rings is 1. The Morgan fingerprint density at radius 2 is 2.04 bits per heavy atom. The highest BCUT2D eigenvalue weighted by Crippen LogP contribution is 2.58. The van der Waals surface area contributed by atoms with Crippen LogP contribution in [0.15, 0.2) is 12.1 Å². The molecule has 6 nitrogen and oxygen atoms in total. The number of aryl methyl sites for hydroxylation is 1. The van der Waals surface area contributed by atoms with Crippen molar-refractivity contribution < 1.29 is 19.4 Å². The molecular weight excluding hydrogens is 340 g/mol. The Morgan fingerprint density at radius 1 is 1.36 bits per heavy atom. The number of rotatable bonds is 6. The third kappa shape index (κ3) is 3.73. The topological polar surface area (TPSA) is 78.9 Å². The molecule has 2 heterocycles. The smallest absolute Gasteiger partial charge is 0.307 e. The van der Waals surface area contributed by atoms with Gasteiger partial charge in [-0.1, -0.05) is 13.8 Å². The van der Waals surface area contributed by atoms with Crippen molar-refractivity contribution in [1.82, 2.24) is 10.2 Å². The van der Waals surface area contributed by atoms with Crippen molar-refractivity contribution in [1.29, 1.82) is 0 Å². The van der Waals surface area contributed by atoms with Crippen molar-refractivity contribution in [3.05, 3.63) is 21.9 Å². The molecule has 1 saturated carbocycles. The van der Waals surface area contributed by atoms with E-state index in [1.165, 1.54) is 9.75 Å². The standard InChI is InChI=1S/C18H26N2O4S/c1-11-4-5-13(25-11)12(20-6-8-24-9-7-20)10-19-16(21)14-15(17(22)23)18(14,2)3/h4-5,12,14-15H,6-10H2,1-3H3,(H,19,21)(H,22,23)/t12?,14-,15+/m0/s1. The van der Waals surface area contributed by atoms with Gasteiger partial charge in [0.1, 0.15) is 0 Å². The second-order valence-electron chi connectivity index (χ2n) is 7.47. The lowest BCUT2D eigenvalue weighted by atomic mass is 10.1. The molecule has 1 amide bonds. The average Bonchev–Trinajstić information content (AvgIpc) is 2.91. The lowest BCUT2D eigenvalue weighted by Gasteiger charge is -2.34. The van der Waals surface area contributed by atoms with Gasteiger partial charge in [-0.25, -0.2) is 0 Å². The van der Waals surface area contributed by atoms with E-state index >= 15 is 0 Å². The van der Waals surface area contributed by atoms with Crippen molar-refractivity contribution in [2.24, 2.45) is 17.3 Å². The summed E-state index contributed by atoms with van der Waals surface area (Å²) in [4.78, 5) is 28.7. The molecule has 7 heteroatoms. The van der Waals surface area contributed by atoms with Crippen molar-refractivity contribution >= 4 is 23.2 Å². The minimum absolute atomic E-state index is 0.108. The summed E-state index contributed by atoms with van der Waals surface area (Å²) in [6, 6.07) is 4.32. The quantitative estimate of drug-likeness (QED) is 0.804. The fourth-order valence-corrected chi connectivity index (χ4v) is 4.84. The molecule has 2 fully saturated rings. The summed E-state index contributed by atoms with van der Waals surface area (Å²) < 4.78 is 5.44. The first-order chi connectivity index (χ1) is 11.8. The Bertz CT molecular complexity index is 651. The maximum Gasteiger partial charge on any atom is 0.307 e. The van der Waals surface area contributed by atoms with Crippen LogP contribution in [-0.4, -0.2) is 54.7 Å². The van der Waals surface area contributed by atoms with E-state index in [9.17, 15) is 14.7 Å². The molecule has 1 aromatic heterocycles. The van der Waals surface area contributed by atoms with Gasteiger partial charge in [-0.2, -0.15) is 0 Å². The van der Waals surface area contributed by atoms with E-state index < -0.39 is 23.2 Å². The van der Waals surface area contributed by atoms with Gasteiger partial charge in [0, 0.05) is 29.4 Å². The molecule has 1 unspecified atom stereocenters. The van der Waals surface area contributed by atoms with Gasteiger partial charge in [0.25, 0.3) is 0 Å². The lowest BCUT2D eigenvalue weighted by molar-refractivity contribution is -0.140. The first-order valence-electron chi connectivity index (χ1n) is 8.71. The molecule has 138 valence electrons. The molecule has 1 saturated heterocycles. The zero-order chi connectivity index (χ0) is 18.2. The van der Waals surface area contributed by atoms with Crippen LogP contribution < -0.4 is 5.32 Å². The van der Waals surface area contributed by atoms with Gasteiger partial charge in [0.05, 0.1) is 31.1 Å². The normalized spacial score (nSPS) is 26.8. The number of carboxylic acid groups (broad SMARTS) is 1. The van der Waals surface area contributed by atoms with Crippen molar-refractivity contribution in [2.45, 2.75) is 26.8 Å². The van der Waals surface area contributed by atoms with Crippen LogP contribution in [0.25, 0.3) is 0 Å². The molecule has 3 rings (SSSR count). The van der Waals surface area contributed by atoms with Crippen molar-refractivity contribution in [2.75, 3.05) is 32.8 Å². The van der Waals surface area contributed by atoms with Crippen LogP contribution in [0.2, 0.25) is 0 Å². The SMILES string of the molecule is Cc1ccc(C(CNC(=O)[C@@H]2[C@H](C(=O)O)C2(C)C)N2CCOCC2)s1. The number of hydrogen-bond donors (Lipinski definition) is 2. The molecule has 3 atom stereocenters. The molecule has 0 radical (unpaired) electrons. The minimum atomic E-state index is -0.885. The molecule has 2 aliphatic rings. The summed E-state index contributed by atoms with van der Waals surface area (Å²) in [6.45, 7) is 9.34. The summed E-state index contributed by atoms with van der Waals surface area (Å²) in [7, 11) is 0. The van der Waals surface area contributed by atoms with E-state index in [4.69, 9.17) is 4.74 Å². The van der Waals surface area contributed by atoms with Gasteiger partial charge in [0.2, 0.25) is 5.91 Å². The van der Waals surface area contributed by atoms with Crippen LogP contribution in [0.3, 0.4) is 0 Å². The Hall–Kier alpha value is -1.44. The molecular formula is C18H26N2O4S. The van der Waals surface area contributed by atoms with Gasteiger partial charge in [0.15, 0.2) is 0 Å². The fourth-order valence-electron chi connectivity index (χ4n) is 3.83. The van der Waals surface area contributed by atoms with Gasteiger partial charge < -0.3 is 15.2 Å². The summed E-state index contributed by atoms with van der Waals surface area (Å²) in [5.41, 5.74) is -0.468. The molecule has 0 aromatic carbocycles. The van der Waals surface area contributed by atoms with E-state index in [-0.39, 0.29) is 11.9 Å². The van der Waals surface area contributed by atoms with Crippen LogP contribution in [0, 0.1) is 24.2 Å². The number of ether oxygens (including phenoxy) is 1. The number of carbonyl (C=O) groups is 2. The molecule has 1 aliphatic heterocycles. The molecule has 1 aliphatic carbocycles. The summed E-state index contributed by atoms with van der Waals surface area (Å²) in [5, 5.41) is 12.3. The van der Waals surface area contributed by atoms with E-state index in [2.05, 4.69) is 29.3 Å². The van der Waals surface area contributed by atoms with Crippen LogP contribution in [-0.2, 0) is 14.3 Å². The van der Waals surface area contributed by atoms with E-state index in [0.29, 0.717) is 19.8 Å². The number of carbonyl (C=O) groups excluding carboxylic acids is 1. The summed E-state index contributed by atoms with van der Waals surface area (Å²) in [5.74, 6) is -2.06. The molecule has 1 aromatic rings. The van der Waals surface area contributed by atoms with Crippen LogP contribution in [0.1, 0.15) is 29.6 Å². The predicted octanol–water partition coefficient (Wildman–Crippen LogP) is 1.90. The monoisotopic (exact) mass is 366 g/mol. The minimum Gasteiger partial charge on any atom is -0.481 e. The largest absolute Gasteiger partial charge is 0.481 e. The Labute approximate surface area is 152 Å². The van der Waals surface area contributed by atoms with Gasteiger partial charge >= 0.3 is 5.97 Å². The Kier molecular flexibility index (Phi) is 5.18. The molecule has 0 spiro atoms. The summed E-state index contributed by atoms with van der Waals surface area (Å²) in [6.07, 6.45) is 0. The van der Waals surface area contributed by atoms with Crippen molar-refractivity contribution in [3.8, 4) is 0 Å². The van der Waals surface area contributed by atoms with E-state index in [1.54, 1.807) is 11.3 Å². The number of nitrogens with one attached hydrogen (secondary N) is 1. The maximum atomic E-state index is 12.5. The molecule has 0 bridgehead atoms. The number of aliphatic carboxylic acids is 1. The zero-order valence-electron chi connectivity index (χ0n) is 14.9. The van der Waals surface area contributed by atoms with E-state index in [1.807, 2.05) is 13.8 Å². The predicted molar refractivity (Wildman–Crippen MR) is 95.6 cm³/mol. The molecule has 25 heavy (non-hydrogen) atoms. The first-order valence-corrected chi connectivity index (χ1v) is 9.52. The second kappa shape index (κ2) is 7.05. The Morgan fingerprint density at radius 3 is 2.56 bits per heavy atom. The average molecular weight is 366 g/mol. The highest BCUT2D eigenvalue weighted by Gasteiger charge is 2.65. The zero-order valence-corrected chi connectivity index (χ0v) is 15.8. The lowest BCUT2D eigenvalue weighted by Crippen LogP contribution is -2.44. The number of amides is 1. The second-order valence-corrected chi connectivity index (χ2v) is 8.79. The number of nitrogens with zero attached hydrogens (tertiary/aromatic N) is 1. The fraction of sp³-hybridized carbons (Fsp3) is 0.667. The van der Waals surface area contributed by atoms with Gasteiger partial charge in [-0.3, -0.25) is 14.5 Å². The first kappa shape index (κ1) is 18.4. The number of morpholine rings is 1. The van der Waals surface area contributed by atoms with Crippen molar-refractivity contribution in [3.63, 3.8) is 0 Å². The van der Waals surface area contributed by atoms with Crippen LogP contribution in [0.4, 0.5) is 0 Å². The Balaban J connectivity index is 1.66. The van der Waals surface area contributed by atoms with Gasteiger partial charge in [-0.05, 0) is 24.5 Å². The third-order valence-electron chi connectivity index (χ3n) is 5.42. The van der Waals surface area contributed by atoms with Gasteiger partial charge in [-0.15, -0.1) is 11.3 Å². The number of carboxylic acids is 1. The highest BCUT2D eigenvalue weighted by molar-refractivity contribution is 7.12.